The van der Waals surface area contributed by atoms with Crippen molar-refractivity contribution in [2.24, 2.45) is 5.73 Å². The third-order valence-corrected chi connectivity index (χ3v) is 3.98. The van der Waals surface area contributed by atoms with E-state index in [1.165, 1.54) is 89.9 Å². The second kappa shape index (κ2) is 15.9. The predicted molar refractivity (Wildman–Crippen MR) is 91.7 cm³/mol. The van der Waals surface area contributed by atoms with Gasteiger partial charge in [-0.3, -0.25) is 0 Å². The monoisotopic (exact) mass is 285 g/mol. The number of thiocarbonyl (C=S) groups is 1. The molecule has 0 saturated carbocycles. The summed E-state index contributed by atoms with van der Waals surface area (Å²) in [5.74, 6) is 0. The first-order chi connectivity index (χ1) is 9.27. The van der Waals surface area contributed by atoms with Crippen molar-refractivity contribution >= 4 is 17.2 Å². The largest absolute Gasteiger partial charge is 0.393 e. The highest BCUT2D eigenvalue weighted by Gasteiger charge is 1.94. The zero-order valence-corrected chi connectivity index (χ0v) is 13.9. The molecule has 0 aliphatic carbocycles. The Morgan fingerprint density at radius 1 is 0.632 bits per heavy atom. The maximum Gasteiger partial charge on any atom is 0.0727 e. The van der Waals surface area contributed by atoms with Crippen LogP contribution in [0, 0.1) is 0 Å². The predicted octanol–water partition coefficient (Wildman–Crippen LogP) is 6.14. The Morgan fingerprint density at radius 3 is 1.26 bits per heavy atom. The summed E-state index contributed by atoms with van der Waals surface area (Å²) in [4.78, 5) is 0.680. The SMILES string of the molecule is CCCCCCCCCCCCCCCCC(N)=S. The molecule has 0 spiro atoms. The average Bonchev–Trinajstić information content (AvgIpc) is 2.39. The molecular formula is C17H35NS. The van der Waals surface area contributed by atoms with E-state index in [-0.39, 0.29) is 0 Å². The Kier molecular flexibility index (Phi) is 15.9. The molecule has 0 fully saturated rings. The Bertz CT molecular complexity index is 192. The molecule has 1 nitrogen and oxygen atoms in total. The molecule has 0 atom stereocenters. The minimum Gasteiger partial charge on any atom is -0.393 e. The maximum atomic E-state index is 5.47. The average molecular weight is 286 g/mol. The highest BCUT2D eigenvalue weighted by atomic mass is 32.1. The molecule has 0 unspecified atom stereocenters. The normalized spacial score (nSPS) is 10.8. The molecule has 0 aliphatic rings. The van der Waals surface area contributed by atoms with Crippen molar-refractivity contribution in [2.45, 2.75) is 103 Å². The summed E-state index contributed by atoms with van der Waals surface area (Å²) in [7, 11) is 0. The third-order valence-electron chi connectivity index (χ3n) is 3.78. The molecule has 0 rings (SSSR count). The number of hydrogen-bond acceptors (Lipinski definition) is 1. The third kappa shape index (κ3) is 17.9. The van der Waals surface area contributed by atoms with Gasteiger partial charge in [-0.05, 0) is 12.8 Å². The molecule has 0 aromatic rings. The first-order valence-corrected chi connectivity index (χ1v) is 8.96. The van der Waals surface area contributed by atoms with Gasteiger partial charge in [0.25, 0.3) is 0 Å². The summed E-state index contributed by atoms with van der Waals surface area (Å²) in [6, 6.07) is 0. The summed E-state index contributed by atoms with van der Waals surface area (Å²) in [6.07, 6.45) is 20.5. The Hall–Kier alpha value is -0.110. The summed E-state index contributed by atoms with van der Waals surface area (Å²) in [5.41, 5.74) is 5.47. The molecule has 2 N–H and O–H groups in total. The smallest absolute Gasteiger partial charge is 0.0727 e. The highest BCUT2D eigenvalue weighted by molar-refractivity contribution is 7.80. The van der Waals surface area contributed by atoms with Gasteiger partial charge in [-0.1, -0.05) is 103 Å². The number of unbranched alkanes of at least 4 members (excludes halogenated alkanes) is 13. The summed E-state index contributed by atoms with van der Waals surface area (Å²) >= 11 is 4.87. The fraction of sp³-hybridized carbons (Fsp3) is 0.941. The van der Waals surface area contributed by atoms with Crippen LogP contribution in [0.25, 0.3) is 0 Å². The van der Waals surface area contributed by atoms with Crippen LogP contribution in [-0.2, 0) is 0 Å². The standard InChI is InChI=1S/C17H35NS/c1-2-3-4-5-6-7-8-9-10-11-12-13-14-15-16-17(18)19/h2-16H2,1H3,(H2,18,19). The van der Waals surface area contributed by atoms with Gasteiger partial charge in [-0.2, -0.15) is 0 Å². The molecule has 19 heavy (non-hydrogen) atoms. The van der Waals surface area contributed by atoms with E-state index in [2.05, 4.69) is 6.92 Å². The zero-order valence-electron chi connectivity index (χ0n) is 13.1. The van der Waals surface area contributed by atoms with Crippen molar-refractivity contribution in [1.29, 1.82) is 0 Å². The second-order valence-electron chi connectivity index (χ2n) is 5.81. The lowest BCUT2D eigenvalue weighted by Crippen LogP contribution is -2.06. The lowest BCUT2D eigenvalue weighted by Gasteiger charge is -2.03. The Labute approximate surface area is 126 Å². The van der Waals surface area contributed by atoms with Gasteiger partial charge in [0.1, 0.15) is 0 Å². The van der Waals surface area contributed by atoms with E-state index in [0.717, 1.165) is 6.42 Å². The Balaban J connectivity index is 2.93. The van der Waals surface area contributed by atoms with E-state index >= 15 is 0 Å². The van der Waals surface area contributed by atoms with Crippen molar-refractivity contribution in [3.05, 3.63) is 0 Å². The lowest BCUT2D eigenvalue weighted by molar-refractivity contribution is 0.537. The number of nitrogens with two attached hydrogens (primary N) is 1. The Morgan fingerprint density at radius 2 is 0.947 bits per heavy atom. The van der Waals surface area contributed by atoms with Crippen molar-refractivity contribution in [3.63, 3.8) is 0 Å². The van der Waals surface area contributed by atoms with Crippen LogP contribution in [0.3, 0.4) is 0 Å². The molecule has 114 valence electrons. The van der Waals surface area contributed by atoms with Gasteiger partial charge in [0.2, 0.25) is 0 Å². The van der Waals surface area contributed by atoms with E-state index in [9.17, 15) is 0 Å². The summed E-state index contributed by atoms with van der Waals surface area (Å²) in [6.45, 7) is 2.28. The van der Waals surface area contributed by atoms with E-state index in [1.54, 1.807) is 0 Å². The van der Waals surface area contributed by atoms with E-state index in [4.69, 9.17) is 18.0 Å². The van der Waals surface area contributed by atoms with E-state index in [1.807, 2.05) is 0 Å². The first-order valence-electron chi connectivity index (χ1n) is 8.55. The molecule has 0 saturated heterocycles. The van der Waals surface area contributed by atoms with Crippen molar-refractivity contribution in [1.82, 2.24) is 0 Å². The highest BCUT2D eigenvalue weighted by Crippen LogP contribution is 2.13. The van der Waals surface area contributed by atoms with Crippen LogP contribution in [0.1, 0.15) is 103 Å². The second-order valence-corrected chi connectivity index (χ2v) is 6.34. The molecule has 0 amide bonds. The molecule has 2 heteroatoms. The zero-order chi connectivity index (χ0) is 14.2. The van der Waals surface area contributed by atoms with Crippen LogP contribution in [-0.4, -0.2) is 4.99 Å². The van der Waals surface area contributed by atoms with Crippen molar-refractivity contribution in [3.8, 4) is 0 Å². The summed E-state index contributed by atoms with van der Waals surface area (Å²) < 4.78 is 0. The maximum absolute atomic E-state index is 5.47. The molecular weight excluding hydrogens is 250 g/mol. The molecule has 0 aromatic heterocycles. The van der Waals surface area contributed by atoms with Gasteiger partial charge in [0.15, 0.2) is 0 Å². The van der Waals surface area contributed by atoms with Crippen molar-refractivity contribution < 1.29 is 0 Å². The minimum absolute atomic E-state index is 0.680. The van der Waals surface area contributed by atoms with Crippen LogP contribution in [0.5, 0.6) is 0 Å². The fourth-order valence-corrected chi connectivity index (χ4v) is 2.64. The molecule has 0 aromatic carbocycles. The fourth-order valence-electron chi connectivity index (χ4n) is 2.49. The van der Waals surface area contributed by atoms with Crippen LogP contribution in [0.4, 0.5) is 0 Å². The van der Waals surface area contributed by atoms with E-state index in [0.29, 0.717) is 4.99 Å². The van der Waals surface area contributed by atoms with Gasteiger partial charge in [-0.25, -0.2) is 0 Å². The molecule has 0 bridgehead atoms. The topological polar surface area (TPSA) is 26.0 Å². The van der Waals surface area contributed by atoms with Gasteiger partial charge in [-0.15, -0.1) is 0 Å². The van der Waals surface area contributed by atoms with Gasteiger partial charge < -0.3 is 5.73 Å². The molecule has 0 radical (unpaired) electrons. The van der Waals surface area contributed by atoms with E-state index < -0.39 is 0 Å². The van der Waals surface area contributed by atoms with Crippen LogP contribution in [0.2, 0.25) is 0 Å². The van der Waals surface area contributed by atoms with Crippen LogP contribution >= 0.6 is 12.2 Å². The summed E-state index contributed by atoms with van der Waals surface area (Å²) in [5, 5.41) is 0. The quantitative estimate of drug-likeness (QED) is 0.289. The van der Waals surface area contributed by atoms with Crippen molar-refractivity contribution in [2.75, 3.05) is 0 Å². The molecule has 0 heterocycles. The van der Waals surface area contributed by atoms with Crippen LogP contribution in [0.15, 0.2) is 0 Å². The number of rotatable bonds is 15. The lowest BCUT2D eigenvalue weighted by atomic mass is 10.0. The minimum atomic E-state index is 0.680. The van der Waals surface area contributed by atoms with Gasteiger partial charge in [0.05, 0.1) is 4.99 Å². The van der Waals surface area contributed by atoms with Crippen LogP contribution < -0.4 is 5.73 Å². The number of hydrogen-bond donors (Lipinski definition) is 1. The van der Waals surface area contributed by atoms with Gasteiger partial charge in [0, 0.05) is 0 Å². The van der Waals surface area contributed by atoms with Gasteiger partial charge >= 0.3 is 0 Å². The first kappa shape index (κ1) is 18.9. The molecule has 0 aliphatic heterocycles.